The molecule has 1 aromatic heterocycles. The molecule has 1 aliphatic heterocycles. The molecule has 14 heavy (non-hydrogen) atoms. The fourth-order valence-electron chi connectivity index (χ4n) is 2.23. The number of hydrogen-bond acceptors (Lipinski definition) is 3. The number of furan rings is 1. The lowest BCUT2D eigenvalue weighted by Crippen LogP contribution is -2.33. The molecule has 1 saturated heterocycles. The van der Waals surface area contributed by atoms with E-state index < -0.39 is 5.60 Å². The minimum atomic E-state index is -0.763. The third-order valence-corrected chi connectivity index (χ3v) is 3.26. The maximum Gasteiger partial charge on any atom is 0.0966 e. The third kappa shape index (κ3) is 1.47. The van der Waals surface area contributed by atoms with Crippen molar-refractivity contribution in [2.24, 2.45) is 5.92 Å². The molecule has 2 heterocycles. The minimum Gasteiger partial charge on any atom is -0.472 e. The van der Waals surface area contributed by atoms with Crippen molar-refractivity contribution in [1.29, 1.82) is 0 Å². The molecule has 1 fully saturated rings. The Balaban J connectivity index is 2.26. The highest BCUT2D eigenvalue weighted by Gasteiger charge is 2.37. The summed E-state index contributed by atoms with van der Waals surface area (Å²) in [5.41, 5.74) is 1.19. The lowest BCUT2D eigenvalue weighted by atomic mass is 9.82. The zero-order chi connectivity index (χ0) is 10.2. The van der Waals surface area contributed by atoms with E-state index in [1.54, 1.807) is 12.5 Å². The van der Waals surface area contributed by atoms with Gasteiger partial charge in [0.1, 0.15) is 0 Å². The summed E-state index contributed by atoms with van der Waals surface area (Å²) >= 11 is 0. The Labute approximate surface area is 84.1 Å². The van der Waals surface area contributed by atoms with Crippen LogP contribution in [0.15, 0.2) is 16.9 Å². The zero-order valence-electron chi connectivity index (χ0n) is 8.71. The standard InChI is InChI=1S/C11H17NO2/c1-8-6-14-7-10(8)11(2,13)9-3-4-12-5-9/h6-7,9,12-13H,3-5H2,1-2H3. The molecule has 1 aliphatic rings. The second-order valence-corrected chi connectivity index (χ2v) is 4.31. The first kappa shape index (κ1) is 9.74. The molecule has 2 rings (SSSR count). The Kier molecular flexibility index (Phi) is 2.37. The van der Waals surface area contributed by atoms with Gasteiger partial charge in [-0.15, -0.1) is 0 Å². The van der Waals surface area contributed by atoms with Crippen LogP contribution in [0.4, 0.5) is 0 Å². The number of rotatable bonds is 2. The average Bonchev–Trinajstić information content (AvgIpc) is 2.72. The summed E-state index contributed by atoms with van der Waals surface area (Å²) in [6, 6.07) is 0. The van der Waals surface area contributed by atoms with E-state index in [1.807, 2.05) is 13.8 Å². The summed E-state index contributed by atoms with van der Waals surface area (Å²) < 4.78 is 5.11. The van der Waals surface area contributed by atoms with Crippen LogP contribution in [0, 0.1) is 12.8 Å². The van der Waals surface area contributed by atoms with Crippen molar-refractivity contribution in [3.8, 4) is 0 Å². The fraction of sp³-hybridized carbons (Fsp3) is 0.636. The first-order valence-electron chi connectivity index (χ1n) is 5.08. The topological polar surface area (TPSA) is 45.4 Å². The van der Waals surface area contributed by atoms with E-state index in [9.17, 15) is 5.11 Å². The molecule has 0 radical (unpaired) electrons. The van der Waals surface area contributed by atoms with Crippen LogP contribution < -0.4 is 5.32 Å². The normalized spacial score (nSPS) is 26.4. The molecule has 0 bridgehead atoms. The third-order valence-electron chi connectivity index (χ3n) is 3.26. The van der Waals surface area contributed by atoms with Crippen LogP contribution >= 0.6 is 0 Å². The SMILES string of the molecule is Cc1cocc1C(C)(O)C1CCNC1. The number of hydrogen-bond donors (Lipinski definition) is 2. The Morgan fingerprint density at radius 3 is 2.86 bits per heavy atom. The predicted molar refractivity (Wildman–Crippen MR) is 54.0 cm³/mol. The molecule has 3 nitrogen and oxygen atoms in total. The van der Waals surface area contributed by atoms with Gasteiger partial charge < -0.3 is 14.8 Å². The van der Waals surface area contributed by atoms with Gasteiger partial charge in [0.05, 0.1) is 18.1 Å². The second-order valence-electron chi connectivity index (χ2n) is 4.31. The van der Waals surface area contributed by atoms with Gasteiger partial charge in [0.2, 0.25) is 0 Å². The van der Waals surface area contributed by atoms with Crippen molar-refractivity contribution in [1.82, 2.24) is 5.32 Å². The van der Waals surface area contributed by atoms with Gasteiger partial charge in [-0.1, -0.05) is 0 Å². The number of nitrogens with one attached hydrogen (secondary N) is 1. The van der Waals surface area contributed by atoms with Crippen LogP contribution in [-0.4, -0.2) is 18.2 Å². The highest BCUT2D eigenvalue weighted by atomic mass is 16.3. The van der Waals surface area contributed by atoms with Gasteiger partial charge in [0.15, 0.2) is 0 Å². The molecule has 0 saturated carbocycles. The quantitative estimate of drug-likeness (QED) is 0.750. The molecular weight excluding hydrogens is 178 g/mol. The Morgan fingerprint density at radius 2 is 2.36 bits per heavy atom. The van der Waals surface area contributed by atoms with E-state index in [0.717, 1.165) is 30.6 Å². The molecule has 0 amide bonds. The lowest BCUT2D eigenvalue weighted by molar-refractivity contribution is 0.00117. The van der Waals surface area contributed by atoms with E-state index >= 15 is 0 Å². The highest BCUT2D eigenvalue weighted by molar-refractivity contribution is 5.26. The Morgan fingerprint density at radius 1 is 1.57 bits per heavy atom. The number of aliphatic hydroxyl groups is 1. The summed E-state index contributed by atoms with van der Waals surface area (Å²) in [7, 11) is 0. The highest BCUT2D eigenvalue weighted by Crippen LogP contribution is 2.35. The summed E-state index contributed by atoms with van der Waals surface area (Å²) in [4.78, 5) is 0. The molecule has 2 atom stereocenters. The van der Waals surface area contributed by atoms with Crippen molar-refractivity contribution < 1.29 is 9.52 Å². The van der Waals surface area contributed by atoms with Crippen molar-refractivity contribution >= 4 is 0 Å². The first-order chi connectivity index (χ1) is 6.62. The Hall–Kier alpha value is -0.800. The van der Waals surface area contributed by atoms with Gasteiger partial charge in [-0.05, 0) is 32.4 Å². The van der Waals surface area contributed by atoms with Crippen LogP contribution in [0.1, 0.15) is 24.5 Å². The van der Waals surface area contributed by atoms with Crippen molar-refractivity contribution in [2.45, 2.75) is 25.9 Å². The Bertz CT molecular complexity index is 311. The van der Waals surface area contributed by atoms with Crippen molar-refractivity contribution in [3.05, 3.63) is 23.7 Å². The summed E-state index contributed by atoms with van der Waals surface area (Å²) in [5, 5.41) is 13.7. The van der Waals surface area contributed by atoms with Gasteiger partial charge in [0.25, 0.3) is 0 Å². The molecule has 2 N–H and O–H groups in total. The van der Waals surface area contributed by atoms with Crippen LogP contribution in [0.2, 0.25) is 0 Å². The molecule has 2 unspecified atom stereocenters. The van der Waals surface area contributed by atoms with Gasteiger partial charge in [-0.25, -0.2) is 0 Å². The van der Waals surface area contributed by atoms with E-state index in [4.69, 9.17) is 4.42 Å². The molecule has 1 aromatic rings. The molecule has 0 spiro atoms. The van der Waals surface area contributed by atoms with E-state index in [-0.39, 0.29) is 0 Å². The smallest absolute Gasteiger partial charge is 0.0966 e. The fourth-order valence-corrected chi connectivity index (χ4v) is 2.23. The zero-order valence-corrected chi connectivity index (χ0v) is 8.71. The van der Waals surface area contributed by atoms with E-state index in [2.05, 4.69) is 5.32 Å². The van der Waals surface area contributed by atoms with Gasteiger partial charge >= 0.3 is 0 Å². The van der Waals surface area contributed by atoms with Crippen LogP contribution in [0.5, 0.6) is 0 Å². The molecule has 3 heteroatoms. The van der Waals surface area contributed by atoms with E-state index in [0.29, 0.717) is 5.92 Å². The lowest BCUT2D eigenvalue weighted by Gasteiger charge is -2.29. The molecule has 0 aliphatic carbocycles. The van der Waals surface area contributed by atoms with Crippen LogP contribution in [0.25, 0.3) is 0 Å². The van der Waals surface area contributed by atoms with Crippen molar-refractivity contribution in [2.75, 3.05) is 13.1 Å². The molecule has 0 aromatic carbocycles. The summed E-state index contributed by atoms with van der Waals surface area (Å²) in [6.45, 7) is 5.73. The molecular formula is C11H17NO2. The van der Waals surface area contributed by atoms with Crippen LogP contribution in [0.3, 0.4) is 0 Å². The summed E-state index contributed by atoms with van der Waals surface area (Å²) in [6.07, 6.45) is 4.37. The van der Waals surface area contributed by atoms with Crippen LogP contribution in [-0.2, 0) is 5.60 Å². The van der Waals surface area contributed by atoms with Gasteiger partial charge in [-0.3, -0.25) is 0 Å². The largest absolute Gasteiger partial charge is 0.472 e. The first-order valence-corrected chi connectivity index (χ1v) is 5.08. The second kappa shape index (κ2) is 3.41. The maximum atomic E-state index is 10.5. The number of aryl methyl sites for hydroxylation is 1. The van der Waals surface area contributed by atoms with Gasteiger partial charge in [0, 0.05) is 18.0 Å². The van der Waals surface area contributed by atoms with E-state index in [1.165, 1.54) is 0 Å². The predicted octanol–water partition coefficient (Wildman–Crippen LogP) is 1.41. The minimum absolute atomic E-state index is 0.291. The monoisotopic (exact) mass is 195 g/mol. The maximum absolute atomic E-state index is 10.5. The summed E-state index contributed by atoms with van der Waals surface area (Å²) in [5.74, 6) is 0.291. The van der Waals surface area contributed by atoms with Gasteiger partial charge in [-0.2, -0.15) is 0 Å². The van der Waals surface area contributed by atoms with Crippen molar-refractivity contribution in [3.63, 3.8) is 0 Å². The average molecular weight is 195 g/mol. The molecule has 78 valence electrons.